The summed E-state index contributed by atoms with van der Waals surface area (Å²) in [6.07, 6.45) is 1.49. The quantitative estimate of drug-likeness (QED) is 0.398. The zero-order chi connectivity index (χ0) is 17.3. The number of hydrogen-bond acceptors (Lipinski definition) is 5. The van der Waals surface area contributed by atoms with Crippen molar-refractivity contribution in [3.05, 3.63) is 62.4 Å². The highest BCUT2D eigenvalue weighted by atomic mass is 35.5. The first-order valence-corrected chi connectivity index (χ1v) is 7.74. The summed E-state index contributed by atoms with van der Waals surface area (Å²) in [4.78, 5) is 28.4. The Hall–Kier alpha value is -2.97. The van der Waals surface area contributed by atoms with E-state index in [1.54, 1.807) is 19.4 Å². The van der Waals surface area contributed by atoms with Crippen molar-refractivity contribution in [2.45, 2.75) is 6.23 Å². The van der Waals surface area contributed by atoms with Crippen molar-refractivity contribution >= 4 is 45.4 Å². The normalized spacial score (nSPS) is 16.0. The van der Waals surface area contributed by atoms with Crippen molar-refractivity contribution in [2.24, 2.45) is 4.99 Å². The fourth-order valence-corrected chi connectivity index (χ4v) is 3.74. The van der Waals surface area contributed by atoms with Gasteiger partial charge in [-0.05, 0) is 17.1 Å². The maximum absolute atomic E-state index is 13.0. The Bertz CT molecular complexity index is 1320. The highest BCUT2D eigenvalue weighted by molar-refractivity contribution is 6.10. The van der Waals surface area contributed by atoms with E-state index in [0.717, 1.165) is 10.9 Å². The summed E-state index contributed by atoms with van der Waals surface area (Å²) >= 11 is 0. The van der Waals surface area contributed by atoms with E-state index >= 15 is 0 Å². The molecule has 5 rings (SSSR count). The number of aromatic nitrogens is 2. The summed E-state index contributed by atoms with van der Waals surface area (Å²) in [5, 5.41) is 13.4. The number of pyridine rings is 2. The number of hydrogen-bond donors (Lipinski definition) is 0. The summed E-state index contributed by atoms with van der Waals surface area (Å²) in [5.74, 6) is -0.124. The molecule has 0 saturated heterocycles. The molecule has 3 aromatic heterocycles. The van der Waals surface area contributed by atoms with Gasteiger partial charge in [0.15, 0.2) is 11.7 Å². The van der Waals surface area contributed by atoms with E-state index in [9.17, 15) is 14.9 Å². The maximum Gasteiger partial charge on any atom is 0.328 e. The molecule has 132 valence electrons. The molecule has 1 unspecified atom stereocenters. The van der Waals surface area contributed by atoms with Gasteiger partial charge in [0, 0.05) is 30.1 Å². The second-order valence-corrected chi connectivity index (χ2v) is 6.00. The molecule has 0 spiro atoms. The largest absolute Gasteiger partial charge is 0.359 e. The van der Waals surface area contributed by atoms with E-state index in [1.807, 2.05) is 16.7 Å². The van der Waals surface area contributed by atoms with Crippen molar-refractivity contribution in [3.8, 4) is 0 Å². The number of rotatable bonds is 2. The summed E-state index contributed by atoms with van der Waals surface area (Å²) in [6.45, 7) is 0.472. The smallest absolute Gasteiger partial charge is 0.328 e. The molecule has 8 nitrogen and oxygen atoms in total. The second-order valence-electron chi connectivity index (χ2n) is 6.00. The van der Waals surface area contributed by atoms with Crippen LogP contribution in [0.25, 0.3) is 27.2 Å². The molecule has 0 bridgehead atoms. The van der Waals surface area contributed by atoms with Gasteiger partial charge in [0.1, 0.15) is 11.0 Å². The van der Waals surface area contributed by atoms with Gasteiger partial charge in [0.05, 0.1) is 11.9 Å². The lowest BCUT2D eigenvalue weighted by molar-refractivity contribution is -0.390. The van der Waals surface area contributed by atoms with Gasteiger partial charge in [0.25, 0.3) is 0 Å². The lowest BCUT2D eigenvalue weighted by atomic mass is 10.1. The molecular weight excluding hydrogens is 360 g/mol. The van der Waals surface area contributed by atoms with Gasteiger partial charge in [0.2, 0.25) is 5.43 Å². The minimum Gasteiger partial charge on any atom is -0.359 e. The van der Waals surface area contributed by atoms with Crippen molar-refractivity contribution in [2.75, 3.05) is 13.7 Å². The van der Waals surface area contributed by atoms with Gasteiger partial charge in [-0.25, -0.2) is 0 Å². The number of nitro groups is 1. The van der Waals surface area contributed by atoms with Crippen LogP contribution in [-0.2, 0) is 4.74 Å². The van der Waals surface area contributed by atoms with Crippen molar-refractivity contribution < 1.29 is 9.66 Å². The van der Waals surface area contributed by atoms with Crippen LogP contribution in [0.4, 0.5) is 5.82 Å². The Morgan fingerprint density at radius 1 is 1.23 bits per heavy atom. The van der Waals surface area contributed by atoms with Crippen LogP contribution in [0.2, 0.25) is 0 Å². The van der Waals surface area contributed by atoms with Crippen LogP contribution in [-0.4, -0.2) is 27.5 Å². The summed E-state index contributed by atoms with van der Waals surface area (Å²) in [5.41, 5.74) is 1.39. The van der Waals surface area contributed by atoms with Crippen LogP contribution in [0.1, 0.15) is 6.23 Å². The van der Waals surface area contributed by atoms with E-state index < -0.39 is 4.92 Å². The van der Waals surface area contributed by atoms with E-state index in [2.05, 4.69) is 4.99 Å². The molecule has 1 aromatic carbocycles. The minimum atomic E-state index is -0.478. The number of ether oxygens (including phenoxy) is 1. The molecule has 0 fully saturated rings. The summed E-state index contributed by atoms with van der Waals surface area (Å²) in [6, 6.07) is 8.35. The van der Waals surface area contributed by atoms with E-state index in [1.165, 1.54) is 16.5 Å². The van der Waals surface area contributed by atoms with Crippen molar-refractivity contribution in [1.29, 1.82) is 0 Å². The molecular formula is C17H13ClN4O4. The maximum atomic E-state index is 13.0. The average Bonchev–Trinajstić information content (AvgIpc) is 3.23. The van der Waals surface area contributed by atoms with Crippen LogP contribution < -0.4 is 10.9 Å². The van der Waals surface area contributed by atoms with Crippen LogP contribution in [0, 0.1) is 10.1 Å². The van der Waals surface area contributed by atoms with Gasteiger partial charge in [-0.1, -0.05) is 12.1 Å². The number of methoxy groups -OCH3 is 1. The van der Waals surface area contributed by atoms with Gasteiger partial charge in [-0.15, -0.1) is 12.4 Å². The molecule has 9 heteroatoms. The molecule has 0 N–H and O–H groups in total. The molecule has 1 aliphatic rings. The van der Waals surface area contributed by atoms with Crippen molar-refractivity contribution in [3.63, 3.8) is 0 Å². The Labute approximate surface area is 151 Å². The summed E-state index contributed by atoms with van der Waals surface area (Å²) in [7, 11) is 1.60. The molecule has 0 aliphatic carbocycles. The van der Waals surface area contributed by atoms with Crippen LogP contribution in [0.15, 0.2) is 46.3 Å². The molecule has 0 saturated carbocycles. The minimum absolute atomic E-state index is 0. The lowest BCUT2D eigenvalue weighted by Gasteiger charge is -2.14. The van der Waals surface area contributed by atoms with Gasteiger partial charge in [-0.3, -0.25) is 9.79 Å². The topological polar surface area (TPSA) is 91.1 Å². The Kier molecular flexibility index (Phi) is 3.50. The molecule has 1 aliphatic heterocycles. The molecule has 1 atom stereocenters. The highest BCUT2D eigenvalue weighted by Crippen LogP contribution is 2.29. The fourth-order valence-electron chi connectivity index (χ4n) is 3.74. The van der Waals surface area contributed by atoms with Crippen LogP contribution >= 0.6 is 12.4 Å². The first kappa shape index (κ1) is 16.5. The van der Waals surface area contributed by atoms with Gasteiger partial charge >= 0.3 is 5.82 Å². The summed E-state index contributed by atoms with van der Waals surface area (Å²) < 4.78 is 8.71. The molecule has 26 heavy (non-hydrogen) atoms. The SMILES string of the molecule is COC1CN=c2c3cccc4c3c(cn21)c(=O)c1ccc([N+](=O)[O-])n14.Cl. The molecule has 4 aromatic rings. The standard InChI is InChI=1S/C17H12N4O4.ClH/c1-25-14-7-18-17-9-3-2-4-11-15(9)10(8-19(14)17)16(22)12-5-6-13(20(11)12)21(23)24;/h2-6,8,14H,7H2,1H3;1H. The Morgan fingerprint density at radius 3 is 2.77 bits per heavy atom. The third-order valence-corrected chi connectivity index (χ3v) is 4.81. The van der Waals surface area contributed by atoms with Crippen molar-refractivity contribution in [1.82, 2.24) is 8.97 Å². The second kappa shape index (κ2) is 5.52. The van der Waals surface area contributed by atoms with E-state index in [-0.39, 0.29) is 35.4 Å². The number of fused-ring (bicyclic) bond motifs is 4. The van der Waals surface area contributed by atoms with E-state index in [4.69, 9.17) is 4.74 Å². The van der Waals surface area contributed by atoms with Crippen LogP contribution in [0.5, 0.6) is 0 Å². The number of halogens is 1. The van der Waals surface area contributed by atoms with Crippen LogP contribution in [0.3, 0.4) is 0 Å². The lowest BCUT2D eigenvalue weighted by Crippen LogP contribution is -2.23. The predicted molar refractivity (Wildman–Crippen MR) is 98.2 cm³/mol. The Morgan fingerprint density at radius 2 is 2.04 bits per heavy atom. The monoisotopic (exact) mass is 372 g/mol. The molecule has 0 radical (unpaired) electrons. The van der Waals surface area contributed by atoms with Gasteiger partial charge in [-0.2, -0.15) is 4.40 Å². The first-order valence-electron chi connectivity index (χ1n) is 7.74. The third kappa shape index (κ3) is 1.88. The zero-order valence-electron chi connectivity index (χ0n) is 13.6. The molecule has 0 amide bonds. The van der Waals surface area contributed by atoms with E-state index in [0.29, 0.717) is 22.8 Å². The fraction of sp³-hybridized carbons (Fsp3) is 0.176. The highest BCUT2D eigenvalue weighted by Gasteiger charge is 2.25. The Balaban J connectivity index is 0.00000168. The predicted octanol–water partition coefficient (Wildman–Crippen LogP) is 2.23. The number of benzene rings is 1. The molecule has 4 heterocycles. The zero-order valence-corrected chi connectivity index (χ0v) is 14.4. The third-order valence-electron chi connectivity index (χ3n) is 4.81. The first-order chi connectivity index (χ1) is 12.1. The number of nitrogens with zero attached hydrogens (tertiary/aromatic N) is 4. The average molecular weight is 373 g/mol. The van der Waals surface area contributed by atoms with Gasteiger partial charge < -0.3 is 19.4 Å².